The Morgan fingerprint density at radius 3 is 2.58 bits per heavy atom. The Balaban J connectivity index is 1.94. The number of ketones is 1. The summed E-state index contributed by atoms with van der Waals surface area (Å²) in [6.45, 7) is 0. The van der Waals surface area contributed by atoms with Gasteiger partial charge in [0.2, 0.25) is 0 Å². The van der Waals surface area contributed by atoms with E-state index in [-0.39, 0.29) is 11.9 Å². The first-order valence-corrected chi connectivity index (χ1v) is 6.48. The van der Waals surface area contributed by atoms with Gasteiger partial charge in [0, 0.05) is 29.3 Å². The van der Waals surface area contributed by atoms with Gasteiger partial charge in [0.1, 0.15) is 11.9 Å². The minimum atomic E-state index is -0.450. The molecular formula is C15H13ClO3. The zero-order valence-corrected chi connectivity index (χ0v) is 11.2. The Kier molecular flexibility index (Phi) is 3.17. The van der Waals surface area contributed by atoms with Crippen molar-refractivity contribution in [1.29, 1.82) is 0 Å². The molecule has 98 valence electrons. The summed E-state index contributed by atoms with van der Waals surface area (Å²) in [7, 11) is 1.53. The van der Waals surface area contributed by atoms with Crippen molar-refractivity contribution in [2.24, 2.45) is 0 Å². The number of halogens is 1. The van der Waals surface area contributed by atoms with E-state index < -0.39 is 6.10 Å². The van der Waals surface area contributed by atoms with E-state index in [0.717, 1.165) is 16.5 Å². The molecule has 0 amide bonds. The third-order valence-electron chi connectivity index (χ3n) is 3.42. The number of carbonyl (C=O) groups excluding carboxylic acids is 1. The molecule has 0 heterocycles. The quantitative estimate of drug-likeness (QED) is 0.863. The topological polar surface area (TPSA) is 35.5 Å². The number of carbonyl (C=O) groups is 1. The van der Waals surface area contributed by atoms with Gasteiger partial charge in [0.25, 0.3) is 0 Å². The third-order valence-corrected chi connectivity index (χ3v) is 3.75. The molecule has 3 rings (SSSR count). The van der Waals surface area contributed by atoms with Crippen LogP contribution < -0.4 is 4.74 Å². The van der Waals surface area contributed by atoms with E-state index >= 15 is 0 Å². The Morgan fingerprint density at radius 1 is 1.16 bits per heavy atom. The summed E-state index contributed by atoms with van der Waals surface area (Å²) in [6, 6.07) is 11.4. The molecule has 19 heavy (non-hydrogen) atoms. The summed E-state index contributed by atoms with van der Waals surface area (Å²) in [6.07, 6.45) is -0.258. The van der Waals surface area contributed by atoms with Crippen LogP contribution in [0.3, 0.4) is 0 Å². The minimum absolute atomic E-state index is 0.0887. The highest BCUT2D eigenvalue weighted by Gasteiger charge is 2.42. The van der Waals surface area contributed by atoms with Gasteiger partial charge in [-0.25, -0.2) is 0 Å². The molecule has 4 heteroatoms. The molecule has 3 nitrogen and oxygen atoms in total. The molecule has 1 aliphatic rings. The summed E-state index contributed by atoms with van der Waals surface area (Å²) in [5, 5.41) is 2.58. The molecule has 0 spiro atoms. The maximum absolute atomic E-state index is 11.4. The zero-order valence-electron chi connectivity index (χ0n) is 10.4. The lowest BCUT2D eigenvalue weighted by atomic mass is 9.90. The fraction of sp³-hybridized carbons (Fsp3) is 0.267. The summed E-state index contributed by atoms with van der Waals surface area (Å²) >= 11 is 6.16. The van der Waals surface area contributed by atoms with Crippen molar-refractivity contribution in [3.63, 3.8) is 0 Å². The van der Waals surface area contributed by atoms with Crippen molar-refractivity contribution >= 4 is 28.2 Å². The van der Waals surface area contributed by atoms with Gasteiger partial charge in [-0.05, 0) is 12.1 Å². The molecule has 1 aliphatic carbocycles. The second-order valence-electron chi connectivity index (χ2n) is 4.57. The molecular weight excluding hydrogens is 264 g/mol. The minimum Gasteiger partial charge on any atom is -0.486 e. The lowest BCUT2D eigenvalue weighted by Gasteiger charge is -2.33. The van der Waals surface area contributed by atoms with Gasteiger partial charge in [-0.1, -0.05) is 35.9 Å². The lowest BCUT2D eigenvalue weighted by Crippen LogP contribution is -2.51. The van der Waals surface area contributed by atoms with Crippen LogP contribution in [0.5, 0.6) is 5.75 Å². The summed E-state index contributed by atoms with van der Waals surface area (Å²) < 4.78 is 11.0. The smallest absolute Gasteiger partial charge is 0.169 e. The van der Waals surface area contributed by atoms with Crippen molar-refractivity contribution in [2.75, 3.05) is 7.11 Å². The average Bonchev–Trinajstić information content (AvgIpc) is 2.41. The van der Waals surface area contributed by atoms with Gasteiger partial charge in [0.15, 0.2) is 11.9 Å². The fourth-order valence-electron chi connectivity index (χ4n) is 2.36. The largest absolute Gasteiger partial charge is 0.486 e. The molecule has 0 N–H and O–H groups in total. The van der Waals surface area contributed by atoms with Gasteiger partial charge in [-0.15, -0.1) is 0 Å². The molecule has 1 fully saturated rings. The predicted molar refractivity (Wildman–Crippen MR) is 73.8 cm³/mol. The van der Waals surface area contributed by atoms with Gasteiger partial charge in [-0.3, -0.25) is 4.79 Å². The van der Waals surface area contributed by atoms with E-state index in [1.165, 1.54) is 7.11 Å². The normalized spacial score (nSPS) is 22.3. The van der Waals surface area contributed by atoms with E-state index in [2.05, 4.69) is 0 Å². The van der Waals surface area contributed by atoms with Gasteiger partial charge in [0.05, 0.1) is 0 Å². The van der Waals surface area contributed by atoms with Crippen molar-refractivity contribution in [1.82, 2.24) is 0 Å². The number of hydrogen-bond donors (Lipinski definition) is 0. The third kappa shape index (κ3) is 2.09. The molecule has 0 aliphatic heterocycles. The average molecular weight is 277 g/mol. The Morgan fingerprint density at radius 2 is 1.89 bits per heavy atom. The molecule has 2 unspecified atom stereocenters. The summed E-state index contributed by atoms with van der Waals surface area (Å²) in [4.78, 5) is 11.4. The van der Waals surface area contributed by atoms with Crippen LogP contribution in [0.2, 0.25) is 5.02 Å². The number of Topliss-reactive ketones (excluding diaryl/α,β-unsaturated/α-hetero) is 1. The van der Waals surface area contributed by atoms with Crippen LogP contribution in [0.1, 0.15) is 6.42 Å². The number of benzene rings is 2. The first kappa shape index (κ1) is 12.5. The van der Waals surface area contributed by atoms with Crippen molar-refractivity contribution in [3.8, 4) is 5.75 Å². The number of hydrogen-bond acceptors (Lipinski definition) is 3. The molecule has 2 aromatic carbocycles. The molecule has 0 radical (unpaired) electrons. The molecule has 2 atom stereocenters. The number of fused-ring (bicyclic) bond motifs is 1. The predicted octanol–water partition coefficient (Wildman–Crippen LogP) is 3.23. The summed E-state index contributed by atoms with van der Waals surface area (Å²) in [5.74, 6) is 0.824. The molecule has 0 aromatic heterocycles. The number of methoxy groups -OCH3 is 1. The van der Waals surface area contributed by atoms with Crippen molar-refractivity contribution in [2.45, 2.75) is 18.6 Å². The Labute approximate surface area is 116 Å². The van der Waals surface area contributed by atoms with Crippen LogP contribution in [0.4, 0.5) is 0 Å². The molecule has 2 aromatic rings. The maximum Gasteiger partial charge on any atom is 0.169 e. The van der Waals surface area contributed by atoms with Gasteiger partial charge in [-0.2, -0.15) is 0 Å². The second-order valence-corrected chi connectivity index (χ2v) is 4.98. The van der Waals surface area contributed by atoms with Gasteiger partial charge >= 0.3 is 0 Å². The van der Waals surface area contributed by atoms with Crippen LogP contribution in [0, 0.1) is 0 Å². The molecule has 0 bridgehead atoms. The first-order valence-electron chi connectivity index (χ1n) is 6.10. The first-order chi connectivity index (χ1) is 9.20. The van der Waals surface area contributed by atoms with Crippen molar-refractivity contribution in [3.05, 3.63) is 41.4 Å². The zero-order chi connectivity index (χ0) is 13.4. The van der Waals surface area contributed by atoms with Crippen molar-refractivity contribution < 1.29 is 14.3 Å². The van der Waals surface area contributed by atoms with E-state index in [0.29, 0.717) is 11.4 Å². The highest BCUT2D eigenvalue weighted by Crippen LogP contribution is 2.34. The van der Waals surface area contributed by atoms with Gasteiger partial charge < -0.3 is 9.47 Å². The summed E-state index contributed by atoms with van der Waals surface area (Å²) in [5.41, 5.74) is 0. The number of rotatable bonds is 3. The second kappa shape index (κ2) is 4.83. The SMILES string of the molecule is COC1C(=O)CC1Oc1ccc(Cl)c2ccccc12. The van der Waals surface area contributed by atoms with E-state index in [4.69, 9.17) is 21.1 Å². The number of ether oxygens (including phenoxy) is 2. The highest BCUT2D eigenvalue weighted by atomic mass is 35.5. The Hall–Kier alpha value is -1.58. The molecule has 0 saturated heterocycles. The standard InChI is InChI=1S/C15H13ClO3/c1-18-15-12(17)8-14(15)19-13-7-6-11(16)9-4-2-3-5-10(9)13/h2-7,14-15H,8H2,1H3. The van der Waals surface area contributed by atoms with Crippen LogP contribution in [-0.4, -0.2) is 25.1 Å². The lowest BCUT2D eigenvalue weighted by molar-refractivity contribution is -0.150. The fourth-order valence-corrected chi connectivity index (χ4v) is 2.58. The van der Waals surface area contributed by atoms with Crippen LogP contribution in [0.15, 0.2) is 36.4 Å². The maximum atomic E-state index is 11.4. The van der Waals surface area contributed by atoms with E-state index in [1.54, 1.807) is 0 Å². The van der Waals surface area contributed by atoms with Crippen LogP contribution in [-0.2, 0) is 9.53 Å². The van der Waals surface area contributed by atoms with E-state index in [9.17, 15) is 4.79 Å². The van der Waals surface area contributed by atoms with Crippen LogP contribution >= 0.6 is 11.6 Å². The van der Waals surface area contributed by atoms with Crippen LogP contribution in [0.25, 0.3) is 10.8 Å². The monoisotopic (exact) mass is 276 g/mol. The molecule has 1 saturated carbocycles. The van der Waals surface area contributed by atoms with E-state index in [1.807, 2.05) is 36.4 Å². The highest BCUT2D eigenvalue weighted by molar-refractivity contribution is 6.35. The Bertz CT molecular complexity index is 638.